The molecule has 17 heavy (non-hydrogen) atoms. The van der Waals surface area contributed by atoms with Gasteiger partial charge in [0, 0.05) is 0 Å². The van der Waals surface area contributed by atoms with Crippen molar-refractivity contribution in [2.24, 2.45) is 5.73 Å². The molecule has 1 unspecified atom stereocenters. The van der Waals surface area contributed by atoms with Gasteiger partial charge in [0.15, 0.2) is 6.10 Å². The fourth-order valence-electron chi connectivity index (χ4n) is 1.57. The van der Waals surface area contributed by atoms with Crippen LogP contribution < -0.4 is 15.8 Å². The third-order valence-corrected chi connectivity index (χ3v) is 2.47. The van der Waals surface area contributed by atoms with Crippen LogP contribution in [-0.2, 0) is 9.53 Å². The zero-order valence-electron chi connectivity index (χ0n) is 9.23. The van der Waals surface area contributed by atoms with Crippen LogP contribution in [0, 0.1) is 0 Å². The highest BCUT2D eigenvalue weighted by atomic mass is 16.5. The predicted molar refractivity (Wildman–Crippen MR) is 59.9 cm³/mol. The number of anilines is 1. The van der Waals surface area contributed by atoms with Crippen LogP contribution in [0.1, 0.15) is 10.4 Å². The van der Waals surface area contributed by atoms with Crippen molar-refractivity contribution in [3.63, 3.8) is 0 Å². The van der Waals surface area contributed by atoms with E-state index in [4.69, 9.17) is 10.5 Å². The van der Waals surface area contributed by atoms with Crippen molar-refractivity contribution in [3.05, 3.63) is 23.8 Å². The average molecular weight is 236 g/mol. The second-order valence-electron chi connectivity index (χ2n) is 3.59. The molecule has 1 aliphatic rings. The van der Waals surface area contributed by atoms with Crippen molar-refractivity contribution >= 4 is 17.6 Å². The van der Waals surface area contributed by atoms with Crippen molar-refractivity contribution in [2.75, 3.05) is 19.0 Å². The molecule has 0 aliphatic carbocycles. The number of methoxy groups -OCH3 is 1. The van der Waals surface area contributed by atoms with E-state index in [0.29, 0.717) is 17.0 Å². The summed E-state index contributed by atoms with van der Waals surface area (Å²) in [5, 5.41) is 2.98. The van der Waals surface area contributed by atoms with E-state index in [1.807, 2.05) is 0 Å². The van der Waals surface area contributed by atoms with E-state index >= 15 is 0 Å². The van der Waals surface area contributed by atoms with Gasteiger partial charge in [0.1, 0.15) is 5.75 Å². The van der Waals surface area contributed by atoms with Crippen LogP contribution in [0.25, 0.3) is 0 Å². The third-order valence-electron chi connectivity index (χ3n) is 2.47. The molecule has 0 fully saturated rings. The van der Waals surface area contributed by atoms with Crippen LogP contribution in [-0.4, -0.2) is 31.6 Å². The second-order valence-corrected chi connectivity index (χ2v) is 3.59. The van der Waals surface area contributed by atoms with E-state index in [0.717, 1.165) is 0 Å². The number of benzene rings is 1. The first-order valence-electron chi connectivity index (χ1n) is 5.04. The Morgan fingerprint density at radius 1 is 1.53 bits per heavy atom. The summed E-state index contributed by atoms with van der Waals surface area (Å²) in [5.41, 5.74) is 6.21. The molecule has 1 atom stereocenters. The fourth-order valence-corrected chi connectivity index (χ4v) is 1.57. The highest BCUT2D eigenvalue weighted by Gasteiger charge is 2.24. The molecule has 6 heteroatoms. The van der Waals surface area contributed by atoms with E-state index in [1.165, 1.54) is 7.11 Å². The molecule has 90 valence electrons. The lowest BCUT2D eigenvalue weighted by molar-refractivity contribution is -0.124. The number of carbonyl (C=O) groups excluding carboxylic acids is 2. The maximum absolute atomic E-state index is 11.3. The van der Waals surface area contributed by atoms with Gasteiger partial charge in [-0.3, -0.25) is 4.79 Å². The molecule has 1 aromatic carbocycles. The van der Waals surface area contributed by atoms with Crippen LogP contribution in [0.4, 0.5) is 5.69 Å². The Labute approximate surface area is 97.7 Å². The molecule has 1 aliphatic heterocycles. The minimum atomic E-state index is -0.688. The Morgan fingerprint density at radius 3 is 2.94 bits per heavy atom. The van der Waals surface area contributed by atoms with Gasteiger partial charge in [-0.25, -0.2) is 4.79 Å². The van der Waals surface area contributed by atoms with Gasteiger partial charge in [-0.05, 0) is 18.2 Å². The number of nitrogens with two attached hydrogens (primary N) is 1. The van der Waals surface area contributed by atoms with Crippen LogP contribution in [0.15, 0.2) is 18.2 Å². The Morgan fingerprint density at radius 2 is 2.29 bits per heavy atom. The number of ether oxygens (including phenoxy) is 2. The van der Waals surface area contributed by atoms with Crippen molar-refractivity contribution in [1.29, 1.82) is 0 Å². The Hall–Kier alpha value is -2.24. The number of nitrogens with one attached hydrogen (secondary N) is 1. The molecule has 0 bridgehead atoms. The normalized spacial score (nSPS) is 17.4. The van der Waals surface area contributed by atoms with Crippen molar-refractivity contribution < 1.29 is 19.1 Å². The SMILES string of the molecule is COC(=O)c1ccc2c(c1)NCC(C(N)=O)O2. The molecule has 6 nitrogen and oxygen atoms in total. The summed E-state index contributed by atoms with van der Waals surface area (Å²) in [4.78, 5) is 22.3. The molecule has 3 N–H and O–H groups in total. The molecule has 2 rings (SSSR count). The van der Waals surface area contributed by atoms with Gasteiger partial charge >= 0.3 is 5.97 Å². The summed E-state index contributed by atoms with van der Waals surface area (Å²) in [6.45, 7) is 0.285. The van der Waals surface area contributed by atoms with E-state index in [9.17, 15) is 9.59 Å². The maximum atomic E-state index is 11.3. The summed E-state index contributed by atoms with van der Waals surface area (Å²) < 4.78 is 9.98. The number of hydrogen-bond donors (Lipinski definition) is 2. The minimum absolute atomic E-state index is 0.285. The maximum Gasteiger partial charge on any atom is 0.337 e. The molecule has 0 saturated carbocycles. The number of carbonyl (C=O) groups is 2. The first-order chi connectivity index (χ1) is 8.11. The Kier molecular flexibility index (Phi) is 2.86. The Balaban J connectivity index is 2.25. The number of hydrogen-bond acceptors (Lipinski definition) is 5. The van der Waals surface area contributed by atoms with Crippen LogP contribution >= 0.6 is 0 Å². The molecule has 0 aromatic heterocycles. The second kappa shape index (κ2) is 4.32. The standard InChI is InChI=1S/C11H12N2O4/c1-16-11(15)6-2-3-8-7(4-6)13-5-9(17-8)10(12)14/h2-4,9,13H,5H2,1H3,(H2,12,14). The molecule has 0 spiro atoms. The average Bonchev–Trinajstić information content (AvgIpc) is 2.36. The van der Waals surface area contributed by atoms with Crippen LogP contribution in [0.3, 0.4) is 0 Å². The molecule has 1 aromatic rings. The van der Waals surface area contributed by atoms with Gasteiger partial charge in [0.25, 0.3) is 5.91 Å². The fraction of sp³-hybridized carbons (Fsp3) is 0.273. The number of rotatable bonds is 2. The number of esters is 1. The highest BCUT2D eigenvalue weighted by Crippen LogP contribution is 2.30. The predicted octanol–water partition coefficient (Wildman–Crippen LogP) is 0.131. The molecule has 0 radical (unpaired) electrons. The van der Waals surface area contributed by atoms with Gasteiger partial charge in [-0.1, -0.05) is 0 Å². The lowest BCUT2D eigenvalue weighted by atomic mass is 10.1. The summed E-state index contributed by atoms with van der Waals surface area (Å²) in [6, 6.07) is 4.78. The van der Waals surface area contributed by atoms with Crippen molar-refractivity contribution in [3.8, 4) is 5.75 Å². The van der Waals surface area contributed by atoms with Gasteiger partial charge in [-0.15, -0.1) is 0 Å². The lowest BCUT2D eigenvalue weighted by Gasteiger charge is -2.25. The van der Waals surface area contributed by atoms with Crippen molar-refractivity contribution in [1.82, 2.24) is 0 Å². The molecule has 0 saturated heterocycles. The van der Waals surface area contributed by atoms with Crippen LogP contribution in [0.5, 0.6) is 5.75 Å². The monoisotopic (exact) mass is 236 g/mol. The molecular weight excluding hydrogens is 224 g/mol. The van der Waals surface area contributed by atoms with E-state index in [2.05, 4.69) is 10.1 Å². The largest absolute Gasteiger partial charge is 0.477 e. The quantitative estimate of drug-likeness (QED) is 0.712. The lowest BCUT2D eigenvalue weighted by Crippen LogP contribution is -2.41. The number of fused-ring (bicyclic) bond motifs is 1. The zero-order valence-corrected chi connectivity index (χ0v) is 9.23. The molecule has 1 amide bonds. The van der Waals surface area contributed by atoms with Gasteiger partial charge in [-0.2, -0.15) is 0 Å². The third kappa shape index (κ3) is 2.15. The highest BCUT2D eigenvalue weighted by molar-refractivity contribution is 5.91. The minimum Gasteiger partial charge on any atom is -0.477 e. The summed E-state index contributed by atoms with van der Waals surface area (Å²) in [6.07, 6.45) is -0.688. The Bertz CT molecular complexity index is 473. The molecular formula is C11H12N2O4. The summed E-state index contributed by atoms with van der Waals surface area (Å²) in [7, 11) is 1.31. The summed E-state index contributed by atoms with van der Waals surface area (Å²) >= 11 is 0. The number of primary amides is 1. The van der Waals surface area contributed by atoms with Crippen molar-refractivity contribution in [2.45, 2.75) is 6.10 Å². The van der Waals surface area contributed by atoms with E-state index in [-0.39, 0.29) is 6.54 Å². The number of amides is 1. The first-order valence-corrected chi connectivity index (χ1v) is 5.04. The smallest absolute Gasteiger partial charge is 0.337 e. The van der Waals surface area contributed by atoms with Gasteiger partial charge in [0.05, 0.1) is 24.9 Å². The summed E-state index contributed by atoms with van der Waals surface area (Å²) in [5.74, 6) is -0.459. The zero-order chi connectivity index (χ0) is 12.4. The topological polar surface area (TPSA) is 90.6 Å². The van der Waals surface area contributed by atoms with E-state index in [1.54, 1.807) is 18.2 Å². The first kappa shape index (κ1) is 11.3. The molecule has 1 heterocycles. The van der Waals surface area contributed by atoms with Crippen LogP contribution in [0.2, 0.25) is 0 Å². The van der Waals surface area contributed by atoms with Gasteiger partial charge < -0.3 is 20.5 Å². The van der Waals surface area contributed by atoms with E-state index < -0.39 is 18.0 Å². The van der Waals surface area contributed by atoms with Gasteiger partial charge in [0.2, 0.25) is 0 Å².